The number of hydrogen-bond acceptors (Lipinski definition) is 4. The predicted octanol–water partition coefficient (Wildman–Crippen LogP) is 1.81. The van der Waals surface area contributed by atoms with Crippen LogP contribution in [0.3, 0.4) is 0 Å². The molecular weight excluding hydrogens is 248 g/mol. The van der Waals surface area contributed by atoms with Gasteiger partial charge in [-0.1, -0.05) is 6.07 Å². The first-order valence-electron chi connectivity index (χ1n) is 5.60. The van der Waals surface area contributed by atoms with Crippen molar-refractivity contribution in [3.63, 3.8) is 0 Å². The van der Waals surface area contributed by atoms with Gasteiger partial charge in [0.2, 0.25) is 0 Å². The molecular formula is C13H14N2O4. The second-order valence-corrected chi connectivity index (χ2v) is 4.15. The molecule has 0 aliphatic carbocycles. The quantitative estimate of drug-likeness (QED) is 0.881. The Kier molecular flexibility index (Phi) is 3.16. The first kappa shape index (κ1) is 12.9. The molecule has 0 atom stereocenters. The van der Waals surface area contributed by atoms with Gasteiger partial charge in [0.05, 0.1) is 12.8 Å². The van der Waals surface area contributed by atoms with Crippen molar-refractivity contribution in [3.05, 3.63) is 29.5 Å². The lowest BCUT2D eigenvalue weighted by Gasteiger charge is -2.13. The zero-order chi connectivity index (χ0) is 14.2. The van der Waals surface area contributed by atoms with E-state index in [4.69, 9.17) is 9.84 Å². The van der Waals surface area contributed by atoms with Crippen molar-refractivity contribution in [2.75, 3.05) is 7.11 Å². The summed E-state index contributed by atoms with van der Waals surface area (Å²) in [5, 5.41) is 22.7. The maximum atomic E-state index is 10.9. The first-order valence-corrected chi connectivity index (χ1v) is 5.60. The third-order valence-corrected chi connectivity index (χ3v) is 2.90. The minimum absolute atomic E-state index is 0.00109. The van der Waals surface area contributed by atoms with Gasteiger partial charge in [-0.25, -0.2) is 4.79 Å². The molecule has 0 bridgehead atoms. The number of carboxylic acids is 1. The van der Waals surface area contributed by atoms with Crippen LogP contribution in [0.4, 0.5) is 0 Å². The number of rotatable bonds is 3. The summed E-state index contributed by atoms with van der Waals surface area (Å²) in [5.74, 6) is -0.792. The summed E-state index contributed by atoms with van der Waals surface area (Å²) < 4.78 is 6.65. The number of nitrogens with zero attached hydrogens (tertiary/aromatic N) is 2. The molecule has 100 valence electrons. The maximum absolute atomic E-state index is 10.9. The highest BCUT2D eigenvalue weighted by atomic mass is 16.5. The van der Waals surface area contributed by atoms with Crippen molar-refractivity contribution < 1.29 is 19.7 Å². The van der Waals surface area contributed by atoms with Crippen LogP contribution in [0.1, 0.15) is 16.1 Å². The summed E-state index contributed by atoms with van der Waals surface area (Å²) in [7, 11) is 3.09. The van der Waals surface area contributed by atoms with E-state index in [1.807, 2.05) is 6.92 Å². The molecule has 1 heterocycles. The molecule has 0 radical (unpaired) electrons. The van der Waals surface area contributed by atoms with E-state index in [9.17, 15) is 9.90 Å². The van der Waals surface area contributed by atoms with Gasteiger partial charge in [0.25, 0.3) is 0 Å². The van der Waals surface area contributed by atoms with Gasteiger partial charge >= 0.3 is 5.97 Å². The van der Waals surface area contributed by atoms with Crippen molar-refractivity contribution in [2.24, 2.45) is 7.05 Å². The molecule has 0 amide bonds. The van der Waals surface area contributed by atoms with Crippen LogP contribution in [0.25, 0.3) is 11.3 Å². The summed E-state index contributed by atoms with van der Waals surface area (Å²) in [6.07, 6.45) is 0. The van der Waals surface area contributed by atoms with Gasteiger partial charge in [-0.2, -0.15) is 5.10 Å². The Labute approximate surface area is 109 Å². The number of aromatic nitrogens is 2. The standard InChI is InChI=1S/C13H14N2O4/c1-7-4-5-10(16)12(19-3)11(7)9-6-8(13(17)18)14-15(9)2/h4-6,16H,1-3H3,(H,17,18). The largest absolute Gasteiger partial charge is 0.504 e. The van der Waals surface area contributed by atoms with E-state index in [0.717, 1.165) is 5.56 Å². The molecule has 0 saturated heterocycles. The van der Waals surface area contributed by atoms with E-state index in [1.54, 1.807) is 13.1 Å². The van der Waals surface area contributed by atoms with Gasteiger partial charge in [-0.3, -0.25) is 4.68 Å². The number of hydrogen-bond donors (Lipinski definition) is 2. The molecule has 0 saturated carbocycles. The molecule has 0 spiro atoms. The van der Waals surface area contributed by atoms with Crippen LogP contribution in [0.5, 0.6) is 11.5 Å². The molecule has 2 aromatic rings. The topological polar surface area (TPSA) is 84.6 Å². The van der Waals surface area contributed by atoms with Gasteiger partial charge in [-0.05, 0) is 24.6 Å². The first-order chi connectivity index (χ1) is 8.95. The average molecular weight is 262 g/mol. The molecule has 0 fully saturated rings. The molecule has 0 aliphatic heterocycles. The molecule has 1 aromatic carbocycles. The third kappa shape index (κ3) is 2.12. The number of benzene rings is 1. The zero-order valence-corrected chi connectivity index (χ0v) is 10.8. The number of carboxylic acid groups (broad SMARTS) is 1. The van der Waals surface area contributed by atoms with Crippen LogP contribution in [0, 0.1) is 6.92 Å². The monoisotopic (exact) mass is 262 g/mol. The molecule has 19 heavy (non-hydrogen) atoms. The van der Waals surface area contributed by atoms with Gasteiger partial charge in [0.1, 0.15) is 0 Å². The second-order valence-electron chi connectivity index (χ2n) is 4.15. The van der Waals surface area contributed by atoms with Crippen LogP contribution in [-0.2, 0) is 7.05 Å². The zero-order valence-electron chi connectivity index (χ0n) is 10.8. The lowest BCUT2D eigenvalue weighted by atomic mass is 10.0. The van der Waals surface area contributed by atoms with E-state index < -0.39 is 5.97 Å². The fraction of sp³-hybridized carbons (Fsp3) is 0.231. The van der Waals surface area contributed by atoms with Gasteiger partial charge in [0, 0.05) is 12.6 Å². The van der Waals surface area contributed by atoms with Crippen LogP contribution in [0.15, 0.2) is 18.2 Å². The van der Waals surface area contributed by atoms with Crippen LogP contribution < -0.4 is 4.74 Å². The number of carbonyl (C=O) groups is 1. The Morgan fingerprint density at radius 2 is 2.11 bits per heavy atom. The van der Waals surface area contributed by atoms with E-state index in [-0.39, 0.29) is 11.4 Å². The Morgan fingerprint density at radius 3 is 2.63 bits per heavy atom. The van der Waals surface area contributed by atoms with E-state index >= 15 is 0 Å². The fourth-order valence-electron chi connectivity index (χ4n) is 2.00. The third-order valence-electron chi connectivity index (χ3n) is 2.90. The second kappa shape index (κ2) is 4.64. The van der Waals surface area contributed by atoms with Gasteiger partial charge in [0.15, 0.2) is 17.2 Å². The molecule has 0 aliphatic rings. The smallest absolute Gasteiger partial charge is 0.356 e. The van der Waals surface area contributed by atoms with Crippen molar-refractivity contribution in [2.45, 2.75) is 6.92 Å². The van der Waals surface area contributed by atoms with Crippen molar-refractivity contribution in [1.82, 2.24) is 9.78 Å². The number of aryl methyl sites for hydroxylation is 2. The summed E-state index contributed by atoms with van der Waals surface area (Å²) in [5.41, 5.74) is 2.00. The predicted molar refractivity (Wildman–Crippen MR) is 68.6 cm³/mol. The number of methoxy groups -OCH3 is 1. The normalized spacial score (nSPS) is 10.5. The Balaban J connectivity index is 2.71. The molecule has 1 aromatic heterocycles. The molecule has 2 N–H and O–H groups in total. The van der Waals surface area contributed by atoms with Crippen LogP contribution >= 0.6 is 0 Å². The molecule has 6 heteroatoms. The van der Waals surface area contributed by atoms with Gasteiger partial charge in [-0.15, -0.1) is 0 Å². The SMILES string of the molecule is COc1c(O)ccc(C)c1-c1cc(C(=O)O)nn1C. The van der Waals surface area contributed by atoms with Crippen molar-refractivity contribution in [3.8, 4) is 22.8 Å². The molecule has 0 unspecified atom stereocenters. The minimum Gasteiger partial charge on any atom is -0.504 e. The average Bonchev–Trinajstić information content (AvgIpc) is 2.74. The Bertz CT molecular complexity index is 646. The van der Waals surface area contributed by atoms with E-state index in [2.05, 4.69) is 5.10 Å². The number of phenols is 1. The van der Waals surface area contributed by atoms with Crippen LogP contribution in [-0.4, -0.2) is 33.1 Å². The van der Waals surface area contributed by atoms with Gasteiger partial charge < -0.3 is 14.9 Å². The summed E-state index contributed by atoms with van der Waals surface area (Å²) >= 11 is 0. The Morgan fingerprint density at radius 1 is 1.42 bits per heavy atom. The van der Waals surface area contributed by atoms with Crippen molar-refractivity contribution in [1.29, 1.82) is 0 Å². The summed E-state index contributed by atoms with van der Waals surface area (Å²) in [6.45, 7) is 1.85. The highest BCUT2D eigenvalue weighted by molar-refractivity contribution is 5.88. The molecule has 6 nitrogen and oxygen atoms in total. The number of aromatic carboxylic acids is 1. The highest BCUT2D eigenvalue weighted by Gasteiger charge is 2.19. The number of phenolic OH excluding ortho intramolecular Hbond substituents is 1. The summed E-state index contributed by atoms with van der Waals surface area (Å²) in [4.78, 5) is 10.9. The van der Waals surface area contributed by atoms with Crippen molar-refractivity contribution >= 4 is 5.97 Å². The Hall–Kier alpha value is -2.50. The number of ether oxygens (including phenoxy) is 1. The van der Waals surface area contributed by atoms with E-state index in [0.29, 0.717) is 17.0 Å². The minimum atomic E-state index is -1.10. The molecule has 2 rings (SSSR count). The number of aromatic hydroxyl groups is 1. The van der Waals surface area contributed by atoms with E-state index in [1.165, 1.54) is 23.9 Å². The lowest BCUT2D eigenvalue weighted by Crippen LogP contribution is -2.00. The van der Waals surface area contributed by atoms with Crippen LogP contribution in [0.2, 0.25) is 0 Å². The highest BCUT2D eigenvalue weighted by Crippen LogP contribution is 2.39. The maximum Gasteiger partial charge on any atom is 0.356 e. The fourth-order valence-corrected chi connectivity index (χ4v) is 2.00. The lowest BCUT2D eigenvalue weighted by molar-refractivity contribution is 0.0689. The summed E-state index contributed by atoms with van der Waals surface area (Å²) in [6, 6.07) is 4.72.